The Bertz CT molecular complexity index is 938. The SMILES string of the molecule is Cc1cnc(N[C@@H]2COC[C@H]2Cc2ccnc3ccccc23)nc1N(C)C. The molecule has 1 saturated heterocycles. The monoisotopic (exact) mass is 363 g/mol. The van der Waals surface area contributed by atoms with E-state index in [1.54, 1.807) is 0 Å². The number of aromatic nitrogens is 3. The summed E-state index contributed by atoms with van der Waals surface area (Å²) in [4.78, 5) is 15.6. The second kappa shape index (κ2) is 7.48. The highest BCUT2D eigenvalue weighted by atomic mass is 16.5. The molecule has 0 radical (unpaired) electrons. The molecule has 4 rings (SSSR count). The van der Waals surface area contributed by atoms with E-state index in [4.69, 9.17) is 4.74 Å². The topological polar surface area (TPSA) is 63.2 Å². The van der Waals surface area contributed by atoms with E-state index in [1.165, 1.54) is 10.9 Å². The minimum absolute atomic E-state index is 0.189. The smallest absolute Gasteiger partial charge is 0.224 e. The molecule has 0 aliphatic carbocycles. The first-order valence-corrected chi connectivity index (χ1v) is 9.29. The third-order valence-corrected chi connectivity index (χ3v) is 5.10. The van der Waals surface area contributed by atoms with Gasteiger partial charge in [-0.1, -0.05) is 18.2 Å². The van der Waals surface area contributed by atoms with E-state index < -0.39 is 0 Å². The summed E-state index contributed by atoms with van der Waals surface area (Å²) in [7, 11) is 3.99. The lowest BCUT2D eigenvalue weighted by molar-refractivity contribution is 0.185. The fourth-order valence-electron chi connectivity index (χ4n) is 3.70. The van der Waals surface area contributed by atoms with Crippen LogP contribution in [0.4, 0.5) is 11.8 Å². The molecule has 1 N–H and O–H groups in total. The maximum atomic E-state index is 5.78. The van der Waals surface area contributed by atoms with Crippen LogP contribution in [0.5, 0.6) is 0 Å². The van der Waals surface area contributed by atoms with Gasteiger partial charge in [0, 0.05) is 43.4 Å². The maximum Gasteiger partial charge on any atom is 0.224 e. The molecular weight excluding hydrogens is 338 g/mol. The average molecular weight is 363 g/mol. The van der Waals surface area contributed by atoms with Crippen molar-refractivity contribution in [3.63, 3.8) is 0 Å². The Hall–Kier alpha value is -2.73. The van der Waals surface area contributed by atoms with Crippen molar-refractivity contribution in [1.82, 2.24) is 15.0 Å². The van der Waals surface area contributed by atoms with Crippen LogP contribution in [-0.4, -0.2) is 48.3 Å². The lowest BCUT2D eigenvalue weighted by Gasteiger charge is -2.21. The van der Waals surface area contributed by atoms with Gasteiger partial charge in [-0.25, -0.2) is 4.98 Å². The molecule has 1 aliphatic heterocycles. The minimum atomic E-state index is 0.189. The zero-order valence-corrected chi connectivity index (χ0v) is 16.0. The Labute approximate surface area is 159 Å². The number of aryl methyl sites for hydroxylation is 1. The highest BCUT2D eigenvalue weighted by Crippen LogP contribution is 2.26. The predicted molar refractivity (Wildman–Crippen MR) is 108 cm³/mol. The van der Waals surface area contributed by atoms with Crippen molar-refractivity contribution in [3.05, 3.63) is 53.9 Å². The lowest BCUT2D eigenvalue weighted by Crippen LogP contribution is -2.30. The van der Waals surface area contributed by atoms with Crippen LogP contribution in [-0.2, 0) is 11.2 Å². The van der Waals surface area contributed by atoms with Crippen LogP contribution in [0.1, 0.15) is 11.1 Å². The molecule has 3 heterocycles. The van der Waals surface area contributed by atoms with Crippen molar-refractivity contribution in [2.75, 3.05) is 37.5 Å². The zero-order chi connectivity index (χ0) is 18.8. The van der Waals surface area contributed by atoms with Gasteiger partial charge in [-0.3, -0.25) is 4.98 Å². The van der Waals surface area contributed by atoms with Gasteiger partial charge in [0.05, 0.1) is 24.8 Å². The van der Waals surface area contributed by atoms with Crippen molar-refractivity contribution >= 4 is 22.7 Å². The van der Waals surface area contributed by atoms with E-state index in [0.29, 0.717) is 18.5 Å². The molecular formula is C21H25N5O. The van der Waals surface area contributed by atoms with E-state index in [0.717, 1.165) is 29.9 Å². The molecule has 140 valence electrons. The lowest BCUT2D eigenvalue weighted by atomic mass is 9.93. The van der Waals surface area contributed by atoms with Gasteiger partial charge in [0.25, 0.3) is 0 Å². The molecule has 0 unspecified atom stereocenters. The van der Waals surface area contributed by atoms with Gasteiger partial charge in [0.1, 0.15) is 5.82 Å². The molecule has 1 aliphatic rings. The van der Waals surface area contributed by atoms with E-state index >= 15 is 0 Å². The van der Waals surface area contributed by atoms with E-state index in [1.807, 2.05) is 44.4 Å². The third kappa shape index (κ3) is 3.71. The van der Waals surface area contributed by atoms with Crippen LogP contribution < -0.4 is 10.2 Å². The van der Waals surface area contributed by atoms with Crippen molar-refractivity contribution in [3.8, 4) is 0 Å². The molecule has 0 saturated carbocycles. The molecule has 6 nitrogen and oxygen atoms in total. The Balaban J connectivity index is 1.53. The number of ether oxygens (including phenoxy) is 1. The normalized spacial score (nSPS) is 19.4. The first-order chi connectivity index (χ1) is 13.1. The summed E-state index contributed by atoms with van der Waals surface area (Å²) in [6, 6.07) is 10.6. The van der Waals surface area contributed by atoms with E-state index in [-0.39, 0.29) is 6.04 Å². The number of benzene rings is 1. The Morgan fingerprint density at radius 3 is 2.85 bits per heavy atom. The van der Waals surface area contributed by atoms with E-state index in [2.05, 4.69) is 44.5 Å². The highest BCUT2D eigenvalue weighted by molar-refractivity contribution is 5.81. The summed E-state index contributed by atoms with van der Waals surface area (Å²) in [6.45, 7) is 3.43. The van der Waals surface area contributed by atoms with Gasteiger partial charge >= 0.3 is 0 Å². The number of pyridine rings is 1. The summed E-state index contributed by atoms with van der Waals surface area (Å²) < 4.78 is 5.78. The largest absolute Gasteiger partial charge is 0.379 e. The third-order valence-electron chi connectivity index (χ3n) is 5.10. The molecule has 27 heavy (non-hydrogen) atoms. The molecule has 0 amide bonds. The molecule has 1 aromatic carbocycles. The molecule has 1 fully saturated rings. The van der Waals surface area contributed by atoms with Crippen LogP contribution in [0.3, 0.4) is 0 Å². The fourth-order valence-corrected chi connectivity index (χ4v) is 3.70. The van der Waals surface area contributed by atoms with Gasteiger partial charge in [-0.05, 0) is 31.0 Å². The number of hydrogen-bond acceptors (Lipinski definition) is 6. The number of hydrogen-bond donors (Lipinski definition) is 1. The summed E-state index contributed by atoms with van der Waals surface area (Å²) in [5.41, 5.74) is 3.41. The highest BCUT2D eigenvalue weighted by Gasteiger charge is 2.29. The maximum absolute atomic E-state index is 5.78. The van der Waals surface area contributed by atoms with Crippen molar-refractivity contribution in [2.24, 2.45) is 5.92 Å². The second-order valence-corrected chi connectivity index (χ2v) is 7.33. The summed E-state index contributed by atoms with van der Waals surface area (Å²) in [6.07, 6.45) is 4.70. The average Bonchev–Trinajstić information content (AvgIpc) is 3.10. The quantitative estimate of drug-likeness (QED) is 0.752. The molecule has 0 spiro atoms. The predicted octanol–water partition coefficient (Wildman–Crippen LogP) is 3.07. The van der Waals surface area contributed by atoms with Crippen LogP contribution in [0.25, 0.3) is 10.9 Å². The summed E-state index contributed by atoms with van der Waals surface area (Å²) >= 11 is 0. The summed E-state index contributed by atoms with van der Waals surface area (Å²) in [5, 5.41) is 4.71. The fraction of sp³-hybridized carbons (Fsp3) is 0.381. The number of anilines is 2. The second-order valence-electron chi connectivity index (χ2n) is 7.33. The van der Waals surface area contributed by atoms with Gasteiger partial charge in [-0.15, -0.1) is 0 Å². The standard InChI is InChI=1S/C21H25N5O/c1-14-11-23-21(25-20(14)26(2)3)24-19-13-27-12-16(19)10-15-8-9-22-18-7-5-4-6-17(15)18/h4-9,11,16,19H,10,12-13H2,1-3H3,(H,23,24,25)/t16-,19-/m1/s1. The van der Waals surface area contributed by atoms with Gasteiger partial charge in [-0.2, -0.15) is 4.98 Å². The van der Waals surface area contributed by atoms with Gasteiger partial charge in [0.2, 0.25) is 5.95 Å². The van der Waals surface area contributed by atoms with Gasteiger partial charge in [0.15, 0.2) is 0 Å². The summed E-state index contributed by atoms with van der Waals surface area (Å²) in [5.74, 6) is 1.95. The van der Waals surface area contributed by atoms with Crippen molar-refractivity contribution in [2.45, 2.75) is 19.4 Å². The number of rotatable bonds is 5. The minimum Gasteiger partial charge on any atom is -0.379 e. The zero-order valence-electron chi connectivity index (χ0n) is 16.0. The van der Waals surface area contributed by atoms with Crippen LogP contribution in [0, 0.1) is 12.8 Å². The molecule has 2 atom stereocenters. The number of nitrogens with zero attached hydrogens (tertiary/aromatic N) is 4. The Kier molecular flexibility index (Phi) is 4.90. The first kappa shape index (κ1) is 17.7. The number of fused-ring (bicyclic) bond motifs is 1. The number of nitrogens with one attached hydrogen (secondary N) is 1. The molecule has 0 bridgehead atoms. The van der Waals surface area contributed by atoms with Crippen LogP contribution in [0.15, 0.2) is 42.7 Å². The van der Waals surface area contributed by atoms with Crippen LogP contribution in [0.2, 0.25) is 0 Å². The van der Waals surface area contributed by atoms with Crippen molar-refractivity contribution < 1.29 is 4.74 Å². The Morgan fingerprint density at radius 2 is 2.00 bits per heavy atom. The first-order valence-electron chi connectivity index (χ1n) is 9.29. The molecule has 3 aromatic rings. The molecule has 2 aromatic heterocycles. The van der Waals surface area contributed by atoms with E-state index in [9.17, 15) is 0 Å². The van der Waals surface area contributed by atoms with Crippen LogP contribution >= 0.6 is 0 Å². The Morgan fingerprint density at radius 1 is 1.15 bits per heavy atom. The number of para-hydroxylation sites is 1. The molecule has 6 heteroatoms. The van der Waals surface area contributed by atoms with Crippen molar-refractivity contribution in [1.29, 1.82) is 0 Å². The van der Waals surface area contributed by atoms with Gasteiger partial charge < -0.3 is 15.0 Å².